The molecule has 0 saturated carbocycles. The second kappa shape index (κ2) is 4.94. The summed E-state index contributed by atoms with van der Waals surface area (Å²) < 4.78 is 1.80. The van der Waals surface area contributed by atoms with Gasteiger partial charge in [-0.2, -0.15) is 0 Å². The van der Waals surface area contributed by atoms with E-state index in [1.165, 1.54) is 6.33 Å². The maximum Gasteiger partial charge on any atom is 0.139 e. The molecule has 0 aromatic carbocycles. The van der Waals surface area contributed by atoms with Crippen molar-refractivity contribution in [2.45, 2.75) is 6.10 Å². The van der Waals surface area contributed by atoms with Crippen molar-refractivity contribution in [1.29, 1.82) is 0 Å². The van der Waals surface area contributed by atoms with Gasteiger partial charge in [0, 0.05) is 26.0 Å². The Labute approximate surface area is 113 Å². The second-order valence-electron chi connectivity index (χ2n) is 4.15. The van der Waals surface area contributed by atoms with Gasteiger partial charge in [-0.1, -0.05) is 0 Å². The number of aliphatic hydroxyl groups excluding tert-OH is 1. The van der Waals surface area contributed by atoms with Gasteiger partial charge in [-0.15, -0.1) is 11.3 Å². The van der Waals surface area contributed by atoms with E-state index in [-0.39, 0.29) is 0 Å². The first-order valence-electron chi connectivity index (χ1n) is 5.83. The number of hydrogen-bond donors (Lipinski definition) is 2. The number of anilines is 1. The molecule has 3 aromatic heterocycles. The normalized spacial score (nSPS) is 12.7. The highest BCUT2D eigenvalue weighted by Crippen LogP contribution is 2.24. The average molecular weight is 275 g/mol. The van der Waals surface area contributed by atoms with Crippen LogP contribution in [0.25, 0.3) is 10.2 Å². The highest BCUT2D eigenvalue weighted by Gasteiger charge is 2.13. The molecule has 0 aliphatic heterocycles. The molecule has 0 fully saturated rings. The Bertz CT molecular complexity index is 692. The number of aromatic nitrogens is 4. The van der Waals surface area contributed by atoms with Gasteiger partial charge in [-0.05, 0) is 11.4 Å². The second-order valence-corrected chi connectivity index (χ2v) is 5.05. The fourth-order valence-corrected chi connectivity index (χ4v) is 2.65. The summed E-state index contributed by atoms with van der Waals surface area (Å²) >= 11 is 1.57. The van der Waals surface area contributed by atoms with Gasteiger partial charge in [0.15, 0.2) is 0 Å². The number of nitrogens with zero attached hydrogens (tertiary/aromatic N) is 4. The summed E-state index contributed by atoms with van der Waals surface area (Å²) in [7, 11) is 1.85. The first kappa shape index (κ1) is 12.1. The molecule has 0 aliphatic carbocycles. The summed E-state index contributed by atoms with van der Waals surface area (Å²) in [6, 6.07) is 1.97. The molecular weight excluding hydrogens is 262 g/mol. The minimum absolute atomic E-state index is 0.354. The zero-order valence-electron chi connectivity index (χ0n) is 10.3. The van der Waals surface area contributed by atoms with Crippen LogP contribution in [0.3, 0.4) is 0 Å². The summed E-state index contributed by atoms with van der Waals surface area (Å²) in [4.78, 5) is 13.4. The van der Waals surface area contributed by atoms with E-state index in [9.17, 15) is 5.11 Å². The topological polar surface area (TPSA) is 75.9 Å². The van der Waals surface area contributed by atoms with Crippen LogP contribution in [0.1, 0.15) is 11.9 Å². The van der Waals surface area contributed by atoms with Gasteiger partial charge < -0.3 is 15.0 Å². The standard InChI is InChI=1S/C12H13N5OS/c1-17-4-3-13-11(17)9(18)6-14-10-8-2-5-19-12(8)16-7-15-10/h2-5,7,9,18H,6H2,1H3,(H,14,15,16). The molecule has 0 spiro atoms. The maximum atomic E-state index is 10.1. The number of fused-ring (bicyclic) bond motifs is 1. The molecule has 0 aliphatic rings. The third-order valence-electron chi connectivity index (χ3n) is 2.88. The van der Waals surface area contributed by atoms with Crippen molar-refractivity contribution in [3.05, 3.63) is 36.0 Å². The summed E-state index contributed by atoms with van der Waals surface area (Å²) in [5, 5.41) is 16.2. The van der Waals surface area contributed by atoms with Crippen molar-refractivity contribution < 1.29 is 5.11 Å². The third-order valence-corrected chi connectivity index (χ3v) is 3.70. The summed E-state index contributed by atoms with van der Waals surface area (Å²) in [5.74, 6) is 1.36. The Hall–Kier alpha value is -1.99. The zero-order valence-corrected chi connectivity index (χ0v) is 11.1. The van der Waals surface area contributed by atoms with Crippen molar-refractivity contribution in [2.24, 2.45) is 7.05 Å². The number of aliphatic hydroxyl groups is 1. The smallest absolute Gasteiger partial charge is 0.139 e. The molecular formula is C12H13N5OS. The molecule has 0 amide bonds. The van der Waals surface area contributed by atoms with Gasteiger partial charge in [0.05, 0.1) is 5.39 Å². The lowest BCUT2D eigenvalue weighted by Crippen LogP contribution is -2.16. The van der Waals surface area contributed by atoms with E-state index in [1.807, 2.05) is 18.5 Å². The monoisotopic (exact) mass is 275 g/mol. The first-order valence-corrected chi connectivity index (χ1v) is 6.71. The van der Waals surface area contributed by atoms with Crippen molar-refractivity contribution in [3.8, 4) is 0 Å². The Morgan fingerprint density at radius 2 is 2.32 bits per heavy atom. The van der Waals surface area contributed by atoms with Gasteiger partial charge in [-0.3, -0.25) is 0 Å². The number of nitrogens with one attached hydrogen (secondary N) is 1. The van der Waals surface area contributed by atoms with E-state index in [2.05, 4.69) is 20.3 Å². The molecule has 3 heterocycles. The molecule has 1 atom stereocenters. The number of imidazole rings is 1. The van der Waals surface area contributed by atoms with Gasteiger partial charge in [-0.25, -0.2) is 15.0 Å². The van der Waals surface area contributed by atoms with Crippen LogP contribution < -0.4 is 5.32 Å². The highest BCUT2D eigenvalue weighted by molar-refractivity contribution is 7.16. The van der Waals surface area contributed by atoms with E-state index >= 15 is 0 Å². The van der Waals surface area contributed by atoms with Crippen molar-refractivity contribution in [1.82, 2.24) is 19.5 Å². The molecule has 3 rings (SSSR count). The molecule has 19 heavy (non-hydrogen) atoms. The lowest BCUT2D eigenvalue weighted by molar-refractivity contribution is 0.178. The van der Waals surface area contributed by atoms with E-state index in [1.54, 1.807) is 28.3 Å². The van der Waals surface area contributed by atoms with Gasteiger partial charge >= 0.3 is 0 Å². The number of hydrogen-bond acceptors (Lipinski definition) is 6. The maximum absolute atomic E-state index is 10.1. The summed E-state index contributed by atoms with van der Waals surface area (Å²) in [5.41, 5.74) is 0. The highest BCUT2D eigenvalue weighted by atomic mass is 32.1. The molecule has 0 saturated heterocycles. The van der Waals surface area contributed by atoms with Crippen LogP contribution in [0, 0.1) is 0 Å². The zero-order chi connectivity index (χ0) is 13.2. The SMILES string of the molecule is Cn1ccnc1C(O)CNc1ncnc2sccc12. The summed E-state index contributed by atoms with van der Waals surface area (Å²) in [6.07, 6.45) is 4.32. The van der Waals surface area contributed by atoms with E-state index in [4.69, 9.17) is 0 Å². The Morgan fingerprint density at radius 3 is 3.11 bits per heavy atom. The molecule has 0 radical (unpaired) electrons. The average Bonchev–Trinajstić information content (AvgIpc) is 3.04. The van der Waals surface area contributed by atoms with Crippen LogP contribution in [-0.4, -0.2) is 31.2 Å². The largest absolute Gasteiger partial charge is 0.383 e. The minimum atomic E-state index is -0.677. The van der Waals surface area contributed by atoms with Crippen LogP contribution in [-0.2, 0) is 7.05 Å². The van der Waals surface area contributed by atoms with Gasteiger partial charge in [0.2, 0.25) is 0 Å². The molecule has 6 nitrogen and oxygen atoms in total. The molecule has 2 N–H and O–H groups in total. The Balaban J connectivity index is 1.76. The quantitative estimate of drug-likeness (QED) is 0.756. The molecule has 3 aromatic rings. The van der Waals surface area contributed by atoms with Gasteiger partial charge in [0.1, 0.15) is 28.9 Å². The van der Waals surface area contributed by atoms with E-state index in [0.29, 0.717) is 12.4 Å². The molecule has 1 unspecified atom stereocenters. The molecule has 98 valence electrons. The minimum Gasteiger partial charge on any atom is -0.383 e. The first-order chi connectivity index (χ1) is 9.25. The van der Waals surface area contributed by atoms with Crippen molar-refractivity contribution in [2.75, 3.05) is 11.9 Å². The lowest BCUT2D eigenvalue weighted by atomic mass is 10.3. The fraction of sp³-hybridized carbons (Fsp3) is 0.250. The van der Waals surface area contributed by atoms with Crippen molar-refractivity contribution >= 4 is 27.4 Å². The van der Waals surface area contributed by atoms with Crippen molar-refractivity contribution in [3.63, 3.8) is 0 Å². The van der Waals surface area contributed by atoms with E-state index < -0.39 is 6.10 Å². The fourth-order valence-electron chi connectivity index (χ4n) is 1.91. The van der Waals surface area contributed by atoms with Crippen LogP contribution >= 0.6 is 11.3 Å². The molecule has 0 bridgehead atoms. The predicted molar refractivity (Wildman–Crippen MR) is 74.1 cm³/mol. The van der Waals surface area contributed by atoms with E-state index in [0.717, 1.165) is 16.0 Å². The lowest BCUT2D eigenvalue weighted by Gasteiger charge is -2.12. The summed E-state index contributed by atoms with van der Waals surface area (Å²) in [6.45, 7) is 0.354. The molecule has 7 heteroatoms. The predicted octanol–water partition coefficient (Wildman–Crippen LogP) is 1.57. The Kier molecular flexibility index (Phi) is 3.14. The van der Waals surface area contributed by atoms with Crippen LogP contribution in [0.4, 0.5) is 5.82 Å². The number of thiophene rings is 1. The van der Waals surface area contributed by atoms with Crippen LogP contribution in [0.15, 0.2) is 30.2 Å². The van der Waals surface area contributed by atoms with Crippen LogP contribution in [0.2, 0.25) is 0 Å². The third kappa shape index (κ3) is 2.29. The number of aryl methyl sites for hydroxylation is 1. The van der Waals surface area contributed by atoms with Crippen LogP contribution in [0.5, 0.6) is 0 Å². The number of rotatable bonds is 4. The van der Waals surface area contributed by atoms with Gasteiger partial charge in [0.25, 0.3) is 0 Å². The Morgan fingerprint density at radius 1 is 1.42 bits per heavy atom.